The number of nitrogens with zero attached hydrogens (tertiary/aromatic N) is 2. The summed E-state index contributed by atoms with van der Waals surface area (Å²) < 4.78 is 0. The second-order valence-electron chi connectivity index (χ2n) is 6.73. The number of benzene rings is 1. The van der Waals surface area contributed by atoms with Crippen LogP contribution in [0, 0.1) is 0 Å². The van der Waals surface area contributed by atoms with E-state index >= 15 is 0 Å². The van der Waals surface area contributed by atoms with Crippen molar-refractivity contribution in [2.45, 2.75) is 25.8 Å². The lowest BCUT2D eigenvalue weighted by atomic mass is 10.1. The number of nitrogens with one attached hydrogen (secondary N) is 1. The Morgan fingerprint density at radius 3 is 2.08 bits per heavy atom. The minimum atomic E-state index is -0.921. The van der Waals surface area contributed by atoms with Gasteiger partial charge in [-0.3, -0.25) is 9.59 Å². The van der Waals surface area contributed by atoms with Crippen LogP contribution in [0.2, 0.25) is 0 Å². The molecule has 1 fully saturated rings. The Kier molecular flexibility index (Phi) is 9.43. The summed E-state index contributed by atoms with van der Waals surface area (Å²) in [6, 6.07) is 7.34. The van der Waals surface area contributed by atoms with E-state index in [1.54, 1.807) is 26.0 Å². The number of halogens is 2. The Bertz CT molecular complexity index is 565. The van der Waals surface area contributed by atoms with E-state index in [1.165, 1.54) is 0 Å². The fourth-order valence-corrected chi connectivity index (χ4v) is 2.34. The van der Waals surface area contributed by atoms with Crippen molar-refractivity contribution in [1.29, 1.82) is 0 Å². The maximum atomic E-state index is 12.3. The number of rotatable bonds is 4. The van der Waals surface area contributed by atoms with Crippen molar-refractivity contribution in [3.63, 3.8) is 0 Å². The predicted molar refractivity (Wildman–Crippen MR) is 106 cm³/mol. The number of hydrogen-bond donors (Lipinski definition) is 2. The molecule has 0 spiro atoms. The summed E-state index contributed by atoms with van der Waals surface area (Å²) in [6.07, 6.45) is 0.389. The van der Waals surface area contributed by atoms with Crippen LogP contribution in [0.1, 0.15) is 19.4 Å². The van der Waals surface area contributed by atoms with Gasteiger partial charge in [0, 0.05) is 31.9 Å². The molecule has 1 aromatic rings. The molecule has 0 aromatic heterocycles. The van der Waals surface area contributed by atoms with Crippen LogP contribution < -0.4 is 11.1 Å². The van der Waals surface area contributed by atoms with Crippen molar-refractivity contribution in [1.82, 2.24) is 9.80 Å². The molecule has 0 atom stereocenters. The Balaban J connectivity index is 0.00000288. The fourth-order valence-electron chi connectivity index (χ4n) is 2.34. The van der Waals surface area contributed by atoms with Crippen LogP contribution in [-0.4, -0.2) is 60.4 Å². The topological polar surface area (TPSA) is 78.7 Å². The van der Waals surface area contributed by atoms with Gasteiger partial charge in [0.2, 0.25) is 11.8 Å². The Morgan fingerprint density at radius 1 is 1.08 bits per heavy atom. The van der Waals surface area contributed by atoms with Gasteiger partial charge in [0.05, 0.1) is 12.0 Å². The molecular formula is C17H28Cl2N4O2. The molecule has 0 bridgehead atoms. The predicted octanol–water partition coefficient (Wildman–Crippen LogP) is 1.52. The maximum absolute atomic E-state index is 12.3. The standard InChI is InChI=1S/C17H26N4O2.2ClH/c1-17(2,18)16(23)19-14-6-4-13(5-7-14)12-15(22)21-10-8-20(3)9-11-21;;/h4-7H,8-12,18H2,1-3H3,(H,19,23);2*1H. The molecule has 0 aliphatic carbocycles. The molecule has 3 N–H and O–H groups in total. The van der Waals surface area contributed by atoms with Crippen LogP contribution in [0.5, 0.6) is 0 Å². The zero-order valence-corrected chi connectivity index (χ0v) is 16.6. The zero-order valence-electron chi connectivity index (χ0n) is 14.9. The van der Waals surface area contributed by atoms with Crippen molar-refractivity contribution in [3.8, 4) is 0 Å². The SMILES string of the molecule is CN1CCN(C(=O)Cc2ccc(NC(=O)C(C)(C)N)cc2)CC1.Cl.Cl. The molecule has 2 rings (SSSR count). The number of amides is 2. The molecule has 1 aromatic carbocycles. The second-order valence-corrected chi connectivity index (χ2v) is 6.73. The van der Waals surface area contributed by atoms with E-state index in [0.717, 1.165) is 31.7 Å². The summed E-state index contributed by atoms with van der Waals surface area (Å²) >= 11 is 0. The second kappa shape index (κ2) is 9.97. The maximum Gasteiger partial charge on any atom is 0.243 e. The highest BCUT2D eigenvalue weighted by Crippen LogP contribution is 2.13. The van der Waals surface area contributed by atoms with E-state index in [4.69, 9.17) is 5.73 Å². The molecule has 1 aliphatic heterocycles. The molecule has 2 amide bonds. The summed E-state index contributed by atoms with van der Waals surface area (Å²) in [7, 11) is 2.07. The van der Waals surface area contributed by atoms with Crippen LogP contribution in [0.4, 0.5) is 5.69 Å². The minimum absolute atomic E-state index is 0. The molecule has 0 unspecified atom stereocenters. The number of likely N-dealkylation sites (N-methyl/N-ethyl adjacent to an activating group) is 1. The first-order valence-corrected chi connectivity index (χ1v) is 7.91. The van der Waals surface area contributed by atoms with Crippen LogP contribution in [0.3, 0.4) is 0 Å². The molecule has 25 heavy (non-hydrogen) atoms. The first kappa shape index (κ1) is 23.7. The third-order valence-electron chi connectivity index (χ3n) is 4.01. The molecule has 142 valence electrons. The van der Waals surface area contributed by atoms with Crippen molar-refractivity contribution in [3.05, 3.63) is 29.8 Å². The van der Waals surface area contributed by atoms with Gasteiger partial charge in [-0.25, -0.2) is 0 Å². The number of piperazine rings is 1. The van der Waals surface area contributed by atoms with E-state index in [0.29, 0.717) is 12.1 Å². The van der Waals surface area contributed by atoms with Crippen molar-refractivity contribution in [2.75, 3.05) is 38.5 Å². The molecule has 6 nitrogen and oxygen atoms in total. The van der Waals surface area contributed by atoms with Crippen LogP contribution in [-0.2, 0) is 16.0 Å². The molecule has 1 heterocycles. The largest absolute Gasteiger partial charge is 0.340 e. The fraction of sp³-hybridized carbons (Fsp3) is 0.529. The monoisotopic (exact) mass is 390 g/mol. The summed E-state index contributed by atoms with van der Waals surface area (Å²) in [5.74, 6) is -0.0864. The smallest absolute Gasteiger partial charge is 0.243 e. The number of nitrogens with two attached hydrogens (primary N) is 1. The lowest BCUT2D eigenvalue weighted by molar-refractivity contribution is -0.132. The van der Waals surface area contributed by atoms with Gasteiger partial charge in [-0.05, 0) is 38.6 Å². The van der Waals surface area contributed by atoms with Crippen LogP contribution in [0.25, 0.3) is 0 Å². The third-order valence-corrected chi connectivity index (χ3v) is 4.01. The van der Waals surface area contributed by atoms with Crippen LogP contribution >= 0.6 is 24.8 Å². The number of carbonyl (C=O) groups excluding carboxylic acids is 2. The lowest BCUT2D eigenvalue weighted by Gasteiger charge is -2.32. The highest BCUT2D eigenvalue weighted by Gasteiger charge is 2.22. The van der Waals surface area contributed by atoms with Crippen LogP contribution in [0.15, 0.2) is 24.3 Å². The van der Waals surface area contributed by atoms with E-state index < -0.39 is 5.54 Å². The zero-order chi connectivity index (χ0) is 17.0. The highest BCUT2D eigenvalue weighted by molar-refractivity contribution is 5.97. The Morgan fingerprint density at radius 2 is 1.60 bits per heavy atom. The Hall–Kier alpha value is -1.34. The Labute approximate surface area is 161 Å². The highest BCUT2D eigenvalue weighted by atomic mass is 35.5. The third kappa shape index (κ3) is 7.20. The molecule has 1 aliphatic rings. The number of hydrogen-bond acceptors (Lipinski definition) is 4. The molecule has 1 saturated heterocycles. The molecule has 0 radical (unpaired) electrons. The van der Waals surface area contributed by atoms with Gasteiger partial charge in [-0.2, -0.15) is 0 Å². The van der Waals surface area contributed by atoms with Gasteiger partial charge in [0.25, 0.3) is 0 Å². The van der Waals surface area contributed by atoms with E-state index in [1.807, 2.05) is 17.0 Å². The van der Waals surface area contributed by atoms with Crippen molar-refractivity contribution in [2.24, 2.45) is 5.73 Å². The van der Waals surface area contributed by atoms with Gasteiger partial charge in [-0.15, -0.1) is 24.8 Å². The molecule has 0 saturated carbocycles. The average molecular weight is 391 g/mol. The number of carbonyl (C=O) groups is 2. The quantitative estimate of drug-likeness (QED) is 0.816. The summed E-state index contributed by atoms with van der Waals surface area (Å²) in [6.45, 7) is 6.73. The lowest BCUT2D eigenvalue weighted by Crippen LogP contribution is -2.47. The van der Waals surface area contributed by atoms with E-state index in [9.17, 15) is 9.59 Å². The molecule has 8 heteroatoms. The van der Waals surface area contributed by atoms with E-state index in [2.05, 4.69) is 17.3 Å². The summed E-state index contributed by atoms with van der Waals surface area (Å²) in [5.41, 5.74) is 6.46. The first-order chi connectivity index (χ1) is 10.8. The normalized spacial score (nSPS) is 15.0. The van der Waals surface area contributed by atoms with Crippen molar-refractivity contribution < 1.29 is 9.59 Å². The van der Waals surface area contributed by atoms with Crippen molar-refractivity contribution >= 4 is 42.3 Å². The van der Waals surface area contributed by atoms with Gasteiger partial charge >= 0.3 is 0 Å². The van der Waals surface area contributed by atoms with E-state index in [-0.39, 0.29) is 36.6 Å². The van der Waals surface area contributed by atoms with Gasteiger partial charge in [0.15, 0.2) is 0 Å². The van der Waals surface area contributed by atoms with Gasteiger partial charge < -0.3 is 20.9 Å². The minimum Gasteiger partial charge on any atom is -0.340 e. The summed E-state index contributed by atoms with van der Waals surface area (Å²) in [4.78, 5) is 28.3. The average Bonchev–Trinajstić information content (AvgIpc) is 2.49. The molecular weight excluding hydrogens is 363 g/mol. The first-order valence-electron chi connectivity index (χ1n) is 7.91. The van der Waals surface area contributed by atoms with Gasteiger partial charge in [-0.1, -0.05) is 12.1 Å². The van der Waals surface area contributed by atoms with Gasteiger partial charge in [0.1, 0.15) is 0 Å². The summed E-state index contributed by atoms with van der Waals surface area (Å²) in [5, 5.41) is 2.77. The number of anilines is 1.